The van der Waals surface area contributed by atoms with Gasteiger partial charge in [0.05, 0.1) is 11.1 Å². The van der Waals surface area contributed by atoms with Crippen molar-refractivity contribution < 1.29 is 45.1 Å². The molecule has 1 aromatic carbocycles. The molecule has 0 radical (unpaired) electrons. The second-order valence-electron chi connectivity index (χ2n) is 6.67. The minimum Gasteiger partial charge on any atom is -0.450 e. The van der Waals surface area contributed by atoms with Crippen LogP contribution in [0, 0.1) is 5.82 Å². The first kappa shape index (κ1) is 24.5. The van der Waals surface area contributed by atoms with Gasteiger partial charge in [-0.1, -0.05) is 0 Å². The van der Waals surface area contributed by atoms with Gasteiger partial charge >= 0.3 is 12.1 Å². The lowest BCUT2D eigenvalue weighted by molar-refractivity contribution is -0.160. The maximum atomic E-state index is 14.2. The number of amides is 1. The molecule has 0 saturated heterocycles. The van der Waals surface area contributed by atoms with Crippen molar-refractivity contribution in [3.05, 3.63) is 41.2 Å². The first-order valence-electron chi connectivity index (χ1n) is 8.31. The van der Waals surface area contributed by atoms with Crippen LogP contribution in [0.15, 0.2) is 33.4 Å². The Morgan fingerprint density at radius 2 is 1.77 bits per heavy atom. The lowest BCUT2D eigenvalue weighted by atomic mass is 10.1. The van der Waals surface area contributed by atoms with E-state index in [0.717, 1.165) is 13.0 Å². The molecular formula is C18H15F4NO6S2. The molecule has 0 fully saturated rings. The quantitative estimate of drug-likeness (QED) is 0.382. The van der Waals surface area contributed by atoms with E-state index in [1.807, 2.05) is 0 Å². The molecule has 0 saturated carbocycles. The van der Waals surface area contributed by atoms with Crippen molar-refractivity contribution in [2.45, 2.75) is 41.7 Å². The zero-order valence-electron chi connectivity index (χ0n) is 16.2. The molecule has 1 N–H and O–H groups in total. The number of benzene rings is 1. The fraction of sp³-hybridized carbons (Fsp3) is 0.278. The van der Waals surface area contributed by atoms with Crippen LogP contribution in [0.2, 0.25) is 0 Å². The Morgan fingerprint density at radius 1 is 1.16 bits per heavy atom. The highest BCUT2D eigenvalue weighted by molar-refractivity contribution is 7.93. The molecular weight excluding hydrogens is 466 g/mol. The van der Waals surface area contributed by atoms with Gasteiger partial charge in [0.25, 0.3) is 5.91 Å². The zero-order chi connectivity index (χ0) is 23.8. The van der Waals surface area contributed by atoms with Crippen LogP contribution in [-0.4, -0.2) is 32.2 Å². The standard InChI is InChI=1S/C18H15F4NO6S2/c1-9(25)29-17(2,3)16(26)23-15-10(8-24)6-14(30-15)31(27,28)13-5-4-11(7-12(13)19)18(20,21)22/h4-8H,1-3H3,(H,23,26). The van der Waals surface area contributed by atoms with Crippen molar-refractivity contribution in [1.29, 1.82) is 0 Å². The number of esters is 1. The molecule has 0 aliphatic rings. The molecule has 0 unspecified atom stereocenters. The van der Waals surface area contributed by atoms with E-state index in [1.165, 1.54) is 13.8 Å². The second-order valence-corrected chi connectivity index (χ2v) is 9.87. The van der Waals surface area contributed by atoms with Crippen molar-refractivity contribution in [2.24, 2.45) is 0 Å². The number of sulfone groups is 1. The molecule has 7 nitrogen and oxygen atoms in total. The molecule has 1 aromatic heterocycles. The normalized spacial score (nSPS) is 12.4. The number of rotatable bonds is 6. The van der Waals surface area contributed by atoms with Gasteiger partial charge < -0.3 is 10.1 Å². The Bertz CT molecular complexity index is 1150. The number of alkyl halides is 3. The Kier molecular flexibility index (Phi) is 6.62. The summed E-state index contributed by atoms with van der Waals surface area (Å²) in [7, 11) is -4.65. The average Bonchev–Trinajstić information content (AvgIpc) is 3.03. The number of carbonyl (C=O) groups excluding carboxylic acids is 3. The number of aldehydes is 1. The number of hydrogen-bond acceptors (Lipinski definition) is 7. The summed E-state index contributed by atoms with van der Waals surface area (Å²) in [6.07, 6.45) is -4.64. The van der Waals surface area contributed by atoms with Gasteiger partial charge in [-0.25, -0.2) is 12.8 Å². The summed E-state index contributed by atoms with van der Waals surface area (Å²) in [6, 6.07) is 1.77. The van der Waals surface area contributed by atoms with E-state index in [4.69, 9.17) is 4.74 Å². The Morgan fingerprint density at radius 3 is 2.26 bits per heavy atom. The number of hydrogen-bond donors (Lipinski definition) is 1. The summed E-state index contributed by atoms with van der Waals surface area (Å²) in [5.74, 6) is -3.27. The van der Waals surface area contributed by atoms with E-state index in [-0.39, 0.29) is 22.9 Å². The van der Waals surface area contributed by atoms with Crippen LogP contribution in [0.1, 0.15) is 36.7 Å². The van der Waals surface area contributed by atoms with Gasteiger partial charge in [0.1, 0.15) is 19.9 Å². The van der Waals surface area contributed by atoms with E-state index in [2.05, 4.69) is 5.32 Å². The van der Waals surface area contributed by atoms with Crippen LogP contribution in [0.5, 0.6) is 0 Å². The Labute approximate surface area is 177 Å². The van der Waals surface area contributed by atoms with E-state index in [9.17, 15) is 40.4 Å². The largest absolute Gasteiger partial charge is 0.450 e. The number of thiophene rings is 1. The van der Waals surface area contributed by atoms with E-state index in [1.54, 1.807) is 0 Å². The highest BCUT2D eigenvalue weighted by atomic mass is 32.2. The summed E-state index contributed by atoms with van der Waals surface area (Å²) >= 11 is 0.387. The third-order valence-corrected chi connectivity index (χ3v) is 7.18. The predicted molar refractivity (Wildman–Crippen MR) is 101 cm³/mol. The second kappa shape index (κ2) is 8.38. The van der Waals surface area contributed by atoms with Crippen LogP contribution in [0.4, 0.5) is 22.6 Å². The van der Waals surface area contributed by atoms with Crippen LogP contribution >= 0.6 is 11.3 Å². The van der Waals surface area contributed by atoms with Gasteiger partial charge in [0.2, 0.25) is 9.84 Å². The molecule has 0 aliphatic carbocycles. The summed E-state index contributed by atoms with van der Waals surface area (Å²) in [5.41, 5.74) is -3.30. The fourth-order valence-corrected chi connectivity index (χ4v) is 5.14. The van der Waals surface area contributed by atoms with Crippen molar-refractivity contribution in [3.8, 4) is 0 Å². The Hall–Kier alpha value is -2.80. The highest BCUT2D eigenvalue weighted by Gasteiger charge is 2.35. The molecule has 1 heterocycles. The monoisotopic (exact) mass is 481 g/mol. The minimum absolute atomic E-state index is 0.0471. The lowest BCUT2D eigenvalue weighted by Crippen LogP contribution is -2.41. The number of anilines is 1. The molecule has 1 amide bonds. The van der Waals surface area contributed by atoms with Gasteiger partial charge in [0.15, 0.2) is 11.9 Å². The lowest BCUT2D eigenvalue weighted by Gasteiger charge is -2.22. The van der Waals surface area contributed by atoms with Gasteiger partial charge in [-0.05, 0) is 38.1 Å². The SMILES string of the molecule is CC(=O)OC(C)(C)C(=O)Nc1sc(S(=O)(=O)c2ccc(C(F)(F)F)cc2F)cc1C=O. The summed E-state index contributed by atoms with van der Waals surface area (Å²) in [5, 5.41) is 2.03. The fourth-order valence-electron chi connectivity index (χ4n) is 2.36. The van der Waals surface area contributed by atoms with Crippen molar-refractivity contribution in [1.82, 2.24) is 0 Å². The summed E-state index contributed by atoms with van der Waals surface area (Å²) < 4.78 is 81.9. The highest BCUT2D eigenvalue weighted by Crippen LogP contribution is 2.37. The first-order valence-corrected chi connectivity index (χ1v) is 10.6. The van der Waals surface area contributed by atoms with Gasteiger partial charge in [-0.3, -0.25) is 14.4 Å². The summed E-state index contributed by atoms with van der Waals surface area (Å²) in [4.78, 5) is 33.7. The van der Waals surface area contributed by atoms with Crippen molar-refractivity contribution >= 4 is 44.3 Å². The average molecular weight is 481 g/mol. The summed E-state index contributed by atoms with van der Waals surface area (Å²) in [6.45, 7) is 3.58. The van der Waals surface area contributed by atoms with E-state index >= 15 is 0 Å². The molecule has 31 heavy (non-hydrogen) atoms. The molecule has 0 atom stereocenters. The van der Waals surface area contributed by atoms with Crippen LogP contribution in [0.25, 0.3) is 0 Å². The number of halogens is 4. The van der Waals surface area contributed by atoms with E-state index < -0.39 is 54.0 Å². The van der Waals surface area contributed by atoms with Crippen molar-refractivity contribution in [3.63, 3.8) is 0 Å². The smallest absolute Gasteiger partial charge is 0.416 e. The number of nitrogens with one attached hydrogen (secondary N) is 1. The third-order valence-electron chi connectivity index (χ3n) is 3.85. The number of carbonyl (C=O) groups is 3. The van der Waals surface area contributed by atoms with Gasteiger partial charge in [-0.15, -0.1) is 11.3 Å². The zero-order valence-corrected chi connectivity index (χ0v) is 17.8. The minimum atomic E-state index is -4.87. The molecule has 2 rings (SSSR count). The Balaban J connectivity index is 2.45. The van der Waals surface area contributed by atoms with Crippen LogP contribution in [-0.2, 0) is 30.3 Å². The topological polar surface area (TPSA) is 107 Å². The molecule has 0 aliphatic heterocycles. The van der Waals surface area contributed by atoms with Crippen molar-refractivity contribution in [2.75, 3.05) is 5.32 Å². The van der Waals surface area contributed by atoms with E-state index in [0.29, 0.717) is 23.5 Å². The molecule has 0 bridgehead atoms. The van der Waals surface area contributed by atoms with Gasteiger partial charge in [-0.2, -0.15) is 13.2 Å². The third kappa shape index (κ3) is 5.28. The molecule has 0 spiro atoms. The van der Waals surface area contributed by atoms with Gasteiger partial charge in [0, 0.05) is 6.92 Å². The molecule has 168 valence electrons. The first-order chi connectivity index (χ1) is 14.1. The maximum Gasteiger partial charge on any atom is 0.416 e. The van der Waals surface area contributed by atoms with Crippen LogP contribution in [0.3, 0.4) is 0 Å². The predicted octanol–water partition coefficient (Wildman–Crippen LogP) is 3.83. The van der Waals surface area contributed by atoms with Crippen LogP contribution < -0.4 is 5.32 Å². The number of ether oxygens (including phenoxy) is 1. The maximum absolute atomic E-state index is 14.2. The molecule has 13 heteroatoms. The molecule has 2 aromatic rings.